The lowest BCUT2D eigenvalue weighted by atomic mass is 10.0. The van der Waals surface area contributed by atoms with E-state index in [4.69, 9.17) is 20.7 Å². The van der Waals surface area contributed by atoms with Gasteiger partial charge in [-0.05, 0) is 26.0 Å². The van der Waals surface area contributed by atoms with Gasteiger partial charge in [0.15, 0.2) is 11.1 Å². The van der Waals surface area contributed by atoms with Crippen LogP contribution < -0.4 is 0 Å². The number of hydrogen-bond acceptors (Lipinski definition) is 6. The Kier molecular flexibility index (Phi) is 5.78. The van der Waals surface area contributed by atoms with Crippen molar-refractivity contribution in [2.75, 3.05) is 0 Å². The quantitative estimate of drug-likeness (QED) is 0.551. The summed E-state index contributed by atoms with van der Waals surface area (Å²) < 4.78 is 0. The third-order valence-corrected chi connectivity index (χ3v) is 2.02. The molecule has 0 fully saturated rings. The highest BCUT2D eigenvalue weighted by molar-refractivity contribution is 5.80. The topological polar surface area (TPSA) is 147 Å². The average Bonchev–Trinajstić information content (AvgIpc) is 2.41. The van der Waals surface area contributed by atoms with E-state index in [1.165, 1.54) is 13.8 Å². The van der Waals surface area contributed by atoms with Crippen molar-refractivity contribution in [1.29, 1.82) is 10.5 Å². The zero-order valence-electron chi connectivity index (χ0n) is 10.8. The number of hydrogen-bond donors (Lipinski definition) is 2. The van der Waals surface area contributed by atoms with Gasteiger partial charge in [0.25, 0.3) is 0 Å². The Hall–Kier alpha value is -3.00. The molecule has 0 radical (unpaired) electrons. The summed E-state index contributed by atoms with van der Waals surface area (Å²) in [5.74, 6) is -2.51. The molecule has 0 aromatic rings. The minimum absolute atomic E-state index is 0.735. The highest BCUT2D eigenvalue weighted by Crippen LogP contribution is 2.18. The molecular weight excluding hydrogens is 264 g/mol. The first-order chi connectivity index (χ1) is 9.16. The van der Waals surface area contributed by atoms with E-state index in [0.29, 0.717) is 0 Å². The molecule has 2 unspecified atom stereocenters. The Morgan fingerprint density at radius 2 is 1.25 bits per heavy atom. The van der Waals surface area contributed by atoms with E-state index in [9.17, 15) is 9.59 Å². The molecule has 2 N–H and O–H groups in total. The monoisotopic (exact) mass is 276 g/mol. The van der Waals surface area contributed by atoms with Crippen molar-refractivity contribution in [2.24, 2.45) is 10.2 Å². The second-order valence-corrected chi connectivity index (χ2v) is 4.06. The number of rotatable bonds is 6. The molecule has 0 heterocycles. The second kappa shape index (κ2) is 6.81. The maximum absolute atomic E-state index is 10.4. The molecule has 0 rings (SSSR count). The van der Waals surface area contributed by atoms with Crippen molar-refractivity contribution in [3.05, 3.63) is 24.3 Å². The molecule has 2 atom stereocenters. The first kappa shape index (κ1) is 17.0. The lowest BCUT2D eigenvalue weighted by Gasteiger charge is -2.13. The van der Waals surface area contributed by atoms with Gasteiger partial charge in [0.2, 0.25) is 0 Å². The number of carboxylic acid groups (broad SMARTS) is 2. The van der Waals surface area contributed by atoms with Crippen LogP contribution in [-0.2, 0) is 9.59 Å². The largest absolute Gasteiger partial charge is 0.478 e. The Morgan fingerprint density at radius 1 is 0.950 bits per heavy atom. The van der Waals surface area contributed by atoms with E-state index < -0.39 is 23.0 Å². The Morgan fingerprint density at radius 3 is 1.45 bits per heavy atom. The SMILES string of the molecule is CC(C#N)(/C=C/C(=O)O)/N=N/C(C)(C#N)/C=C/C(=O)O. The predicted octanol–water partition coefficient (Wildman–Crippen LogP) is 1.28. The number of carboxylic acids is 2. The Bertz CT molecular complexity index is 517. The van der Waals surface area contributed by atoms with Gasteiger partial charge in [0.05, 0.1) is 12.1 Å². The summed E-state index contributed by atoms with van der Waals surface area (Å²) in [6, 6.07) is 3.47. The van der Waals surface area contributed by atoms with Gasteiger partial charge in [-0.25, -0.2) is 9.59 Å². The van der Waals surface area contributed by atoms with Crippen LogP contribution in [0, 0.1) is 22.7 Å². The molecule has 0 saturated heterocycles. The lowest BCUT2D eigenvalue weighted by Crippen LogP contribution is -2.20. The lowest BCUT2D eigenvalue weighted by molar-refractivity contribution is -0.132. The third-order valence-electron chi connectivity index (χ3n) is 2.02. The molecule has 0 aliphatic carbocycles. The van der Waals surface area contributed by atoms with Crippen LogP contribution in [0.3, 0.4) is 0 Å². The van der Waals surface area contributed by atoms with Crippen molar-refractivity contribution < 1.29 is 19.8 Å². The fourth-order valence-corrected chi connectivity index (χ4v) is 0.861. The van der Waals surface area contributed by atoms with Crippen molar-refractivity contribution in [3.63, 3.8) is 0 Å². The van der Waals surface area contributed by atoms with Gasteiger partial charge in [0.1, 0.15) is 0 Å². The molecule has 0 spiro atoms. The summed E-state index contributed by atoms with van der Waals surface area (Å²) in [5.41, 5.74) is -3.12. The van der Waals surface area contributed by atoms with E-state index >= 15 is 0 Å². The molecule has 0 bridgehead atoms. The second-order valence-electron chi connectivity index (χ2n) is 4.06. The zero-order chi connectivity index (χ0) is 15.8. The van der Waals surface area contributed by atoms with Gasteiger partial charge in [0, 0.05) is 12.2 Å². The fourth-order valence-electron chi connectivity index (χ4n) is 0.861. The smallest absolute Gasteiger partial charge is 0.328 e. The Labute approximate surface area is 115 Å². The van der Waals surface area contributed by atoms with E-state index in [2.05, 4.69) is 10.2 Å². The first-order valence-electron chi connectivity index (χ1n) is 5.27. The van der Waals surface area contributed by atoms with Crippen LogP contribution in [-0.4, -0.2) is 33.2 Å². The number of nitrogens with zero attached hydrogens (tertiary/aromatic N) is 4. The normalized spacial score (nSPS) is 17.4. The van der Waals surface area contributed by atoms with Crippen LogP contribution in [0.5, 0.6) is 0 Å². The van der Waals surface area contributed by atoms with Crippen LogP contribution in [0.2, 0.25) is 0 Å². The highest BCUT2D eigenvalue weighted by Gasteiger charge is 2.24. The van der Waals surface area contributed by atoms with Gasteiger partial charge in [-0.1, -0.05) is 0 Å². The summed E-state index contributed by atoms with van der Waals surface area (Å²) in [6.07, 6.45) is 3.49. The summed E-state index contributed by atoms with van der Waals surface area (Å²) in [4.78, 5) is 20.8. The first-order valence-corrected chi connectivity index (χ1v) is 5.27. The molecular formula is C12H12N4O4. The molecule has 0 aromatic carbocycles. The molecule has 0 aliphatic rings. The van der Waals surface area contributed by atoms with Gasteiger partial charge >= 0.3 is 11.9 Å². The van der Waals surface area contributed by atoms with Crippen LogP contribution in [0.25, 0.3) is 0 Å². The molecule has 0 aromatic heterocycles. The number of aliphatic carboxylic acids is 2. The van der Waals surface area contributed by atoms with Crippen molar-refractivity contribution in [1.82, 2.24) is 0 Å². The fraction of sp³-hybridized carbons (Fsp3) is 0.333. The maximum Gasteiger partial charge on any atom is 0.328 e. The summed E-state index contributed by atoms with van der Waals surface area (Å²) >= 11 is 0. The van der Waals surface area contributed by atoms with E-state index in [1.54, 1.807) is 12.1 Å². The van der Waals surface area contributed by atoms with Crippen molar-refractivity contribution >= 4 is 11.9 Å². The molecule has 0 amide bonds. The molecule has 20 heavy (non-hydrogen) atoms. The minimum Gasteiger partial charge on any atom is -0.478 e. The number of nitriles is 2. The van der Waals surface area contributed by atoms with E-state index in [0.717, 1.165) is 24.3 Å². The van der Waals surface area contributed by atoms with Gasteiger partial charge in [-0.3, -0.25) is 0 Å². The molecule has 104 valence electrons. The van der Waals surface area contributed by atoms with Crippen molar-refractivity contribution in [2.45, 2.75) is 24.9 Å². The van der Waals surface area contributed by atoms with Crippen LogP contribution in [0.1, 0.15) is 13.8 Å². The highest BCUT2D eigenvalue weighted by atomic mass is 16.4. The summed E-state index contributed by atoms with van der Waals surface area (Å²) in [7, 11) is 0. The summed E-state index contributed by atoms with van der Waals surface area (Å²) in [5, 5.41) is 42.1. The number of carbonyl (C=O) groups is 2. The standard InChI is InChI=1S/C12H12N4O4/c1-11(7-13,5-3-9(17)18)15-16-12(2,8-14)6-4-10(19)20/h3-6H,1-2H3,(H,17,18)(H,19,20)/b5-3+,6-4+,16-15+. The van der Waals surface area contributed by atoms with Gasteiger partial charge < -0.3 is 10.2 Å². The predicted molar refractivity (Wildman–Crippen MR) is 66.4 cm³/mol. The Balaban J connectivity index is 5.33. The molecule has 8 heteroatoms. The van der Waals surface area contributed by atoms with Crippen molar-refractivity contribution in [3.8, 4) is 12.1 Å². The van der Waals surface area contributed by atoms with E-state index in [1.807, 2.05) is 0 Å². The van der Waals surface area contributed by atoms with E-state index in [-0.39, 0.29) is 0 Å². The molecule has 0 aliphatic heterocycles. The van der Waals surface area contributed by atoms with Gasteiger partial charge in [-0.15, -0.1) is 0 Å². The van der Waals surface area contributed by atoms with Crippen LogP contribution in [0.15, 0.2) is 34.5 Å². The number of azo groups is 1. The van der Waals surface area contributed by atoms with Gasteiger partial charge in [-0.2, -0.15) is 20.8 Å². The minimum atomic E-state index is -1.56. The summed E-state index contributed by atoms with van der Waals surface area (Å²) in [6.45, 7) is 2.60. The third kappa shape index (κ3) is 6.07. The molecule has 0 saturated carbocycles. The maximum atomic E-state index is 10.4. The van der Waals surface area contributed by atoms with Crippen LogP contribution in [0.4, 0.5) is 0 Å². The average molecular weight is 276 g/mol. The molecule has 8 nitrogen and oxygen atoms in total. The zero-order valence-corrected chi connectivity index (χ0v) is 10.8. The van der Waals surface area contributed by atoms with Crippen LogP contribution >= 0.6 is 0 Å².